The number of rotatable bonds is 20. The van der Waals surface area contributed by atoms with E-state index in [0.717, 1.165) is 111 Å². The number of allylic oxidation sites excluding steroid dienone is 1. The summed E-state index contributed by atoms with van der Waals surface area (Å²) in [5.41, 5.74) is 25.7. The number of benzene rings is 4. The first-order chi connectivity index (χ1) is 37.6. The topological polar surface area (TPSA) is 199 Å². The van der Waals surface area contributed by atoms with Crippen molar-refractivity contribution in [3.05, 3.63) is 134 Å². The molecule has 4 aromatic carbocycles. The Labute approximate surface area is 451 Å². The average Bonchev–Trinajstić information content (AvgIpc) is 3.88. The Kier molecular flexibility index (Phi) is 15.6. The summed E-state index contributed by atoms with van der Waals surface area (Å²) < 4.78 is 37.5. The molecular weight excluding hydrogens is 977 g/mol. The van der Waals surface area contributed by atoms with E-state index in [-0.39, 0.29) is 24.0 Å². The summed E-state index contributed by atoms with van der Waals surface area (Å²) in [7, 11) is 1.74. The summed E-state index contributed by atoms with van der Waals surface area (Å²) >= 11 is 0. The smallest absolute Gasteiger partial charge is 0.251 e. The zero-order valence-electron chi connectivity index (χ0n) is 44.5. The van der Waals surface area contributed by atoms with Crippen LogP contribution in [0.4, 0.5) is 11.4 Å². The Hall–Kier alpha value is -6.92. The Morgan fingerprint density at radius 3 is 1.86 bits per heavy atom. The van der Waals surface area contributed by atoms with Gasteiger partial charge in [-0.05, 0) is 105 Å². The number of amides is 2. The van der Waals surface area contributed by atoms with Gasteiger partial charge >= 0.3 is 0 Å². The van der Waals surface area contributed by atoms with Gasteiger partial charge in [0, 0.05) is 128 Å². The number of aromatic hydroxyl groups is 1. The van der Waals surface area contributed by atoms with Gasteiger partial charge in [0.2, 0.25) is 5.91 Å². The standard InChI is InChI=1S/C60H74N8O9/c1-39-43-16-15-42(37-47(43)60(77-39)48-35-40-9-5-19-67-21-7-12-45(54(40)67)56(48)76-57-46-13-8-22-68-20-6-10-41(55(46)68)36-49(57)60)59(71)64-18-28-73-30-32-75-34-33-74-31-29-72-27-17-53(70)66-25-23-65(24-26-66)51(58(62)63-2)38-50(61)44-11-3-4-14-52(44)69/h3-4,11,14-16,35-38,63,69H,1,5-10,12-13,17-34,61-62H2,2H3,(H,64,71)/b50-38-,58-51-. The molecule has 7 heterocycles. The lowest BCUT2D eigenvalue weighted by atomic mass is 9.72. The van der Waals surface area contributed by atoms with Crippen molar-refractivity contribution in [2.24, 2.45) is 11.5 Å². The number of hydrogen-bond acceptors (Lipinski definition) is 15. The number of phenolic OH excluding ortho intramolecular Hbond substituents is 1. The van der Waals surface area contributed by atoms with Gasteiger partial charge in [-0.15, -0.1) is 0 Å². The third-order valence-corrected chi connectivity index (χ3v) is 16.3. The predicted molar refractivity (Wildman–Crippen MR) is 296 cm³/mol. The number of ether oxygens (including phenoxy) is 6. The number of phenols is 1. The summed E-state index contributed by atoms with van der Waals surface area (Å²) in [4.78, 5) is 36.0. The van der Waals surface area contributed by atoms with E-state index in [0.29, 0.717) is 120 Å². The first-order valence-corrected chi connectivity index (χ1v) is 27.8. The van der Waals surface area contributed by atoms with Crippen LogP contribution in [0.3, 0.4) is 0 Å². The van der Waals surface area contributed by atoms with Crippen molar-refractivity contribution in [3.63, 3.8) is 0 Å². The number of carbonyl (C=O) groups excluding carboxylic acids is 2. The Morgan fingerprint density at radius 1 is 0.701 bits per heavy atom. The van der Waals surface area contributed by atoms with E-state index < -0.39 is 5.60 Å². The highest BCUT2D eigenvalue weighted by Gasteiger charge is 2.55. The number of piperazine rings is 1. The highest BCUT2D eigenvalue weighted by molar-refractivity contribution is 5.95. The second-order valence-corrected chi connectivity index (χ2v) is 20.9. The number of aryl methyl sites for hydroxylation is 2. The van der Waals surface area contributed by atoms with E-state index in [1.807, 2.05) is 29.2 Å². The Balaban J connectivity index is 0.615. The number of carbonyl (C=O) groups is 2. The fourth-order valence-electron chi connectivity index (χ4n) is 12.6. The van der Waals surface area contributed by atoms with Crippen LogP contribution in [0.5, 0.6) is 17.2 Å². The quantitative estimate of drug-likeness (QED) is 0.0521. The van der Waals surface area contributed by atoms with Gasteiger partial charge in [0.15, 0.2) is 5.60 Å². The maximum absolute atomic E-state index is 13.9. The van der Waals surface area contributed by atoms with E-state index in [4.69, 9.17) is 39.9 Å². The molecular formula is C60H74N8O9. The second-order valence-electron chi connectivity index (χ2n) is 20.9. The average molecular weight is 1050 g/mol. The molecule has 0 aromatic heterocycles. The molecule has 0 atom stereocenters. The number of nitrogens with one attached hydrogen (secondary N) is 2. The third-order valence-electron chi connectivity index (χ3n) is 16.3. The monoisotopic (exact) mass is 1050 g/mol. The van der Waals surface area contributed by atoms with Gasteiger partial charge < -0.3 is 75.2 Å². The van der Waals surface area contributed by atoms with Gasteiger partial charge in [0.1, 0.15) is 28.8 Å². The van der Waals surface area contributed by atoms with Crippen LogP contribution < -0.4 is 36.6 Å². The van der Waals surface area contributed by atoms with Gasteiger partial charge in [0.25, 0.3) is 5.91 Å². The zero-order chi connectivity index (χ0) is 53.0. The molecule has 0 bridgehead atoms. The fraction of sp³-hybridized carbons (Fsp3) is 0.467. The molecule has 408 valence electrons. The van der Waals surface area contributed by atoms with Crippen molar-refractivity contribution in [2.45, 2.75) is 63.4 Å². The zero-order valence-corrected chi connectivity index (χ0v) is 44.5. The molecule has 2 amide bonds. The van der Waals surface area contributed by atoms with Gasteiger partial charge in [-0.1, -0.05) is 24.8 Å². The minimum Gasteiger partial charge on any atom is -0.507 e. The molecule has 7 aliphatic rings. The lowest BCUT2D eigenvalue weighted by molar-refractivity contribution is -0.134. The Morgan fingerprint density at radius 2 is 1.26 bits per heavy atom. The molecule has 1 spiro atoms. The molecule has 77 heavy (non-hydrogen) atoms. The van der Waals surface area contributed by atoms with Crippen molar-refractivity contribution >= 4 is 34.6 Å². The van der Waals surface area contributed by atoms with Crippen LogP contribution >= 0.6 is 0 Å². The summed E-state index contributed by atoms with van der Waals surface area (Å²) in [5.74, 6) is 2.85. The van der Waals surface area contributed by atoms with Crippen LogP contribution in [0.25, 0.3) is 11.5 Å². The normalized spacial score (nSPS) is 18.1. The van der Waals surface area contributed by atoms with Crippen molar-refractivity contribution in [2.75, 3.05) is 129 Å². The number of hydrogen-bond donors (Lipinski definition) is 5. The third kappa shape index (κ3) is 10.3. The van der Waals surface area contributed by atoms with Crippen molar-refractivity contribution in [3.8, 4) is 17.2 Å². The number of para-hydroxylation sites is 1. The van der Waals surface area contributed by atoms with Crippen molar-refractivity contribution in [1.29, 1.82) is 0 Å². The molecule has 11 rings (SSSR count). The van der Waals surface area contributed by atoms with Crippen LogP contribution in [0.2, 0.25) is 0 Å². The lowest BCUT2D eigenvalue weighted by Gasteiger charge is -2.45. The van der Waals surface area contributed by atoms with E-state index >= 15 is 0 Å². The minimum atomic E-state index is -1.01. The van der Waals surface area contributed by atoms with E-state index in [9.17, 15) is 14.7 Å². The predicted octanol–water partition coefficient (Wildman–Crippen LogP) is 5.87. The lowest BCUT2D eigenvalue weighted by Crippen LogP contribution is -2.49. The van der Waals surface area contributed by atoms with Crippen LogP contribution in [-0.2, 0) is 59.8 Å². The number of fused-ring (bicyclic) bond motifs is 8. The first kappa shape index (κ1) is 52.1. The molecule has 0 radical (unpaired) electrons. The number of nitrogens with two attached hydrogens (primary N) is 2. The highest BCUT2D eigenvalue weighted by atomic mass is 16.6. The molecule has 1 saturated heterocycles. The molecule has 17 nitrogen and oxygen atoms in total. The summed E-state index contributed by atoms with van der Waals surface area (Å²) in [6, 6.07) is 17.5. The molecule has 0 saturated carbocycles. The van der Waals surface area contributed by atoms with Crippen LogP contribution in [0.1, 0.15) is 92.5 Å². The SMILES string of the molecule is C=C1OC2(c3cc(C(=O)NCCOCCOCCOCCOCCC(=O)N4CCN(C(/C=C(\N)c5ccccc5O)=C(/N)NC)CC4)ccc31)c1cc3c4c(c1Oc1c2cc2c5c1CCCN5CCC2)CCCN4CCC3. The highest BCUT2D eigenvalue weighted by Crippen LogP contribution is 2.63. The van der Waals surface area contributed by atoms with Gasteiger partial charge in [-0.2, -0.15) is 0 Å². The molecule has 0 aliphatic carbocycles. The van der Waals surface area contributed by atoms with E-state index in [1.54, 1.807) is 31.3 Å². The molecule has 17 heteroatoms. The number of anilines is 2. The van der Waals surface area contributed by atoms with Gasteiger partial charge in [-0.3, -0.25) is 9.59 Å². The molecule has 7 N–H and O–H groups in total. The number of nitrogens with zero attached hydrogens (tertiary/aromatic N) is 4. The van der Waals surface area contributed by atoms with Crippen molar-refractivity contribution in [1.82, 2.24) is 20.4 Å². The minimum absolute atomic E-state index is 0.0272. The van der Waals surface area contributed by atoms with E-state index in [2.05, 4.69) is 44.0 Å². The van der Waals surface area contributed by atoms with Gasteiger partial charge in [0.05, 0.1) is 65.0 Å². The molecule has 7 aliphatic heterocycles. The van der Waals surface area contributed by atoms with Crippen LogP contribution in [-0.4, -0.2) is 146 Å². The molecule has 1 fully saturated rings. The second kappa shape index (κ2) is 23.0. The summed E-state index contributed by atoms with van der Waals surface area (Å²) in [6.45, 7) is 14.3. The molecule has 4 aromatic rings. The maximum atomic E-state index is 13.9. The van der Waals surface area contributed by atoms with Gasteiger partial charge in [-0.25, -0.2) is 0 Å². The van der Waals surface area contributed by atoms with Crippen LogP contribution in [0, 0.1) is 0 Å². The maximum Gasteiger partial charge on any atom is 0.251 e. The van der Waals surface area contributed by atoms with E-state index in [1.165, 1.54) is 33.6 Å². The first-order valence-electron chi connectivity index (χ1n) is 27.8. The fourth-order valence-corrected chi connectivity index (χ4v) is 12.6. The molecule has 0 unspecified atom stereocenters. The largest absolute Gasteiger partial charge is 0.507 e. The van der Waals surface area contributed by atoms with Crippen LogP contribution in [0.15, 0.2) is 78.8 Å². The summed E-state index contributed by atoms with van der Waals surface area (Å²) in [6.07, 6.45) is 10.4. The Bertz CT molecular complexity index is 2880. The van der Waals surface area contributed by atoms with Crippen molar-refractivity contribution < 1.29 is 43.1 Å². The summed E-state index contributed by atoms with van der Waals surface area (Å²) in [5, 5.41) is 16.3.